The molecule has 1 aliphatic heterocycles. The highest BCUT2D eigenvalue weighted by molar-refractivity contribution is 5.74. The molecule has 5 nitrogen and oxygen atoms in total. The van der Waals surface area contributed by atoms with E-state index in [2.05, 4.69) is 21.5 Å². The molecule has 0 saturated carbocycles. The van der Waals surface area contributed by atoms with Crippen molar-refractivity contribution in [2.75, 3.05) is 39.8 Å². The predicted molar refractivity (Wildman–Crippen MR) is 77.6 cm³/mol. The van der Waals surface area contributed by atoms with Crippen LogP contribution in [-0.2, 0) is 9.53 Å². The molecule has 1 aromatic rings. The zero-order valence-corrected chi connectivity index (χ0v) is 12.5. The molecule has 2 heterocycles. The van der Waals surface area contributed by atoms with E-state index in [-0.39, 0.29) is 12.6 Å². The largest absolute Gasteiger partial charge is 0.467 e. The Morgan fingerprint density at radius 1 is 1.38 bits per heavy atom. The lowest BCUT2D eigenvalue weighted by Gasteiger charge is -2.38. The van der Waals surface area contributed by atoms with Gasteiger partial charge in [0.05, 0.1) is 12.8 Å². The number of carbonyl (C=O) groups is 1. The average Bonchev–Trinajstić information content (AvgIpc) is 2.55. The minimum Gasteiger partial charge on any atom is -0.467 e. The van der Waals surface area contributed by atoms with Gasteiger partial charge < -0.3 is 4.74 Å². The summed E-state index contributed by atoms with van der Waals surface area (Å²) in [6.45, 7) is 5.41. The van der Waals surface area contributed by atoms with Crippen molar-refractivity contribution in [3.8, 4) is 0 Å². The number of halogens is 1. The lowest BCUT2D eigenvalue weighted by atomic mass is 10.1. The van der Waals surface area contributed by atoms with Gasteiger partial charge >= 0.3 is 5.97 Å². The van der Waals surface area contributed by atoms with Crippen molar-refractivity contribution in [3.05, 3.63) is 30.1 Å². The van der Waals surface area contributed by atoms with E-state index in [4.69, 9.17) is 0 Å². The molecule has 116 valence electrons. The summed E-state index contributed by atoms with van der Waals surface area (Å²) in [5, 5.41) is 0. The van der Waals surface area contributed by atoms with Gasteiger partial charge in [-0.1, -0.05) is 6.07 Å². The van der Waals surface area contributed by atoms with E-state index in [1.807, 2.05) is 23.1 Å². The number of aromatic nitrogens is 1. The number of rotatable bonds is 5. The molecule has 2 atom stereocenters. The monoisotopic (exact) mass is 295 g/mol. The Morgan fingerprint density at radius 3 is 2.67 bits per heavy atom. The third kappa shape index (κ3) is 4.22. The van der Waals surface area contributed by atoms with E-state index in [1.165, 1.54) is 7.11 Å². The maximum Gasteiger partial charge on any atom is 0.341 e. The third-order valence-electron chi connectivity index (χ3n) is 3.95. The van der Waals surface area contributed by atoms with Gasteiger partial charge in [-0.2, -0.15) is 0 Å². The van der Waals surface area contributed by atoms with Gasteiger partial charge in [0, 0.05) is 45.0 Å². The molecular weight excluding hydrogens is 273 g/mol. The zero-order chi connectivity index (χ0) is 15.2. The van der Waals surface area contributed by atoms with Crippen molar-refractivity contribution in [2.45, 2.75) is 19.1 Å². The first-order chi connectivity index (χ1) is 10.1. The molecular formula is C15H22FN3O2. The number of methoxy groups -OCH3 is 1. The van der Waals surface area contributed by atoms with E-state index in [0.29, 0.717) is 0 Å². The van der Waals surface area contributed by atoms with Crippen molar-refractivity contribution >= 4 is 5.97 Å². The third-order valence-corrected chi connectivity index (χ3v) is 3.95. The molecule has 0 amide bonds. The number of hydrogen-bond acceptors (Lipinski definition) is 5. The second kappa shape index (κ2) is 7.47. The summed E-state index contributed by atoms with van der Waals surface area (Å²) in [6, 6.07) is 6.16. The summed E-state index contributed by atoms with van der Waals surface area (Å²) >= 11 is 0. The zero-order valence-electron chi connectivity index (χ0n) is 12.5. The highest BCUT2D eigenvalue weighted by Crippen LogP contribution is 2.19. The maximum absolute atomic E-state index is 13.6. The number of nitrogens with zero attached hydrogens (tertiary/aromatic N) is 3. The van der Waals surface area contributed by atoms with Crippen molar-refractivity contribution in [3.63, 3.8) is 0 Å². The lowest BCUT2D eigenvalue weighted by Crippen LogP contribution is -2.49. The number of piperazine rings is 1. The summed E-state index contributed by atoms with van der Waals surface area (Å²) in [6.07, 6.45) is 0.237. The summed E-state index contributed by atoms with van der Waals surface area (Å²) < 4.78 is 18.0. The van der Waals surface area contributed by atoms with Crippen LogP contribution in [0.3, 0.4) is 0 Å². The fraction of sp³-hybridized carbons (Fsp3) is 0.600. The van der Waals surface area contributed by atoms with Crippen molar-refractivity contribution in [2.24, 2.45) is 0 Å². The van der Waals surface area contributed by atoms with Gasteiger partial charge in [-0.3, -0.25) is 14.8 Å². The Hall–Kier alpha value is -1.53. The van der Waals surface area contributed by atoms with Crippen LogP contribution < -0.4 is 0 Å². The van der Waals surface area contributed by atoms with E-state index < -0.39 is 12.1 Å². The predicted octanol–water partition coefficient (Wildman–Crippen LogP) is 1.27. The van der Waals surface area contributed by atoms with Crippen LogP contribution >= 0.6 is 0 Å². The summed E-state index contributed by atoms with van der Waals surface area (Å²) in [5.41, 5.74) is 1.05. The van der Waals surface area contributed by atoms with Gasteiger partial charge in [0.15, 0.2) is 0 Å². The summed E-state index contributed by atoms with van der Waals surface area (Å²) in [7, 11) is 1.21. The Kier molecular flexibility index (Phi) is 5.64. The van der Waals surface area contributed by atoms with Crippen molar-refractivity contribution in [1.29, 1.82) is 0 Å². The van der Waals surface area contributed by atoms with E-state index >= 15 is 0 Å². The van der Waals surface area contributed by atoms with Crippen LogP contribution in [0.25, 0.3) is 0 Å². The van der Waals surface area contributed by atoms with Crippen LogP contribution in [-0.4, -0.2) is 66.8 Å². The molecule has 2 rings (SSSR count). The number of pyridine rings is 1. The van der Waals surface area contributed by atoms with E-state index in [9.17, 15) is 9.18 Å². The minimum atomic E-state index is -1.56. The first-order valence-electron chi connectivity index (χ1n) is 7.21. The Balaban J connectivity index is 1.82. The standard InChI is InChI=1S/C15H22FN3O2/c1-12(14-5-3-4-6-17-14)19-9-7-18(8-10-19)11-13(16)15(20)21-2/h3-6,12-13H,7-11H2,1-2H3/t12-,13-/m1/s1. The molecule has 0 unspecified atom stereocenters. The number of carbonyl (C=O) groups excluding carboxylic acids is 1. The van der Waals surface area contributed by atoms with Gasteiger partial charge in [-0.25, -0.2) is 9.18 Å². The molecule has 0 aliphatic carbocycles. The molecule has 1 aromatic heterocycles. The fourth-order valence-electron chi connectivity index (χ4n) is 2.57. The highest BCUT2D eigenvalue weighted by Gasteiger charge is 2.26. The summed E-state index contributed by atoms with van der Waals surface area (Å²) in [4.78, 5) is 19.8. The second-order valence-electron chi connectivity index (χ2n) is 5.26. The first-order valence-corrected chi connectivity index (χ1v) is 7.21. The molecule has 1 saturated heterocycles. The second-order valence-corrected chi connectivity index (χ2v) is 5.26. The SMILES string of the molecule is COC(=O)[C@H](F)CN1CCN([C@H](C)c2ccccn2)CC1. The molecule has 0 aromatic carbocycles. The van der Waals surface area contributed by atoms with Gasteiger partial charge in [0.25, 0.3) is 0 Å². The molecule has 1 fully saturated rings. The molecule has 6 heteroatoms. The quantitative estimate of drug-likeness (QED) is 0.766. The highest BCUT2D eigenvalue weighted by atomic mass is 19.1. The smallest absolute Gasteiger partial charge is 0.341 e. The molecule has 0 radical (unpaired) electrons. The lowest BCUT2D eigenvalue weighted by molar-refractivity contribution is -0.147. The molecule has 0 N–H and O–H groups in total. The van der Waals surface area contributed by atoms with Crippen LogP contribution in [0, 0.1) is 0 Å². The van der Waals surface area contributed by atoms with Crippen LogP contribution in [0.1, 0.15) is 18.7 Å². The fourth-order valence-corrected chi connectivity index (χ4v) is 2.57. The number of ether oxygens (including phenoxy) is 1. The van der Waals surface area contributed by atoms with Gasteiger partial charge in [0.1, 0.15) is 0 Å². The number of hydrogen-bond donors (Lipinski definition) is 0. The Morgan fingerprint density at radius 2 is 2.10 bits per heavy atom. The Bertz CT molecular complexity index is 449. The van der Waals surface area contributed by atoms with Gasteiger partial charge in [-0.05, 0) is 19.1 Å². The van der Waals surface area contributed by atoms with Gasteiger partial charge in [-0.15, -0.1) is 0 Å². The number of alkyl halides is 1. The normalized spacial score (nSPS) is 20.0. The minimum absolute atomic E-state index is 0.110. The number of esters is 1. The van der Waals surface area contributed by atoms with Crippen LogP contribution in [0.4, 0.5) is 4.39 Å². The molecule has 0 spiro atoms. The maximum atomic E-state index is 13.6. The summed E-state index contributed by atoms with van der Waals surface area (Å²) in [5.74, 6) is -0.792. The average molecular weight is 295 g/mol. The first kappa shape index (κ1) is 15.9. The van der Waals surface area contributed by atoms with Crippen molar-refractivity contribution < 1.29 is 13.9 Å². The Labute approximate surface area is 124 Å². The van der Waals surface area contributed by atoms with Crippen molar-refractivity contribution in [1.82, 2.24) is 14.8 Å². The van der Waals surface area contributed by atoms with Crippen LogP contribution in [0.2, 0.25) is 0 Å². The topological polar surface area (TPSA) is 45.7 Å². The van der Waals surface area contributed by atoms with E-state index in [1.54, 1.807) is 6.20 Å². The van der Waals surface area contributed by atoms with E-state index in [0.717, 1.165) is 31.9 Å². The molecule has 1 aliphatic rings. The van der Waals surface area contributed by atoms with Crippen LogP contribution in [0.5, 0.6) is 0 Å². The van der Waals surface area contributed by atoms with Crippen LogP contribution in [0.15, 0.2) is 24.4 Å². The van der Waals surface area contributed by atoms with Gasteiger partial charge in [0.2, 0.25) is 6.17 Å². The molecule has 0 bridgehead atoms. The molecule has 21 heavy (non-hydrogen) atoms.